The number of phenolic OH excluding ortho intramolecular Hbond substituents is 1. The number of hydrogen-bond donors (Lipinski definition) is 4. The predicted octanol–water partition coefficient (Wildman–Crippen LogP) is 4.20. The number of alkyl halides is 2. The first-order valence-electron chi connectivity index (χ1n) is 20.1. The SMILES string of the molecule is Cc1c(O)ccc2c(O[C@@H]3C[C@H]4C(=O)N[C@]5(C(=O)NS(=O)(=O)C6(C)CC6)C[C@H]5/C=C\CCCCC[C@H](NC(=O)N5CCC(F)(F)C5)C(=O)N4C3)cc(OC(C)C)nc12. The average molecular weight is 831 g/mol. The van der Waals surface area contributed by atoms with Gasteiger partial charge in [-0.25, -0.2) is 27.0 Å². The number of aryl methyl sites for hydroxylation is 1. The van der Waals surface area contributed by atoms with Gasteiger partial charge in [0.2, 0.25) is 27.7 Å². The Balaban J connectivity index is 1.22. The molecule has 4 N–H and O–H groups in total. The summed E-state index contributed by atoms with van der Waals surface area (Å²) < 4.78 is 68.2. The van der Waals surface area contributed by atoms with Gasteiger partial charge in [-0.05, 0) is 78.4 Å². The van der Waals surface area contributed by atoms with Gasteiger partial charge in [-0.15, -0.1) is 0 Å². The van der Waals surface area contributed by atoms with Gasteiger partial charge in [0.1, 0.15) is 35.2 Å². The first-order valence-corrected chi connectivity index (χ1v) is 21.6. The summed E-state index contributed by atoms with van der Waals surface area (Å²) in [6.07, 6.45) is 5.67. The number of nitrogens with zero attached hydrogens (tertiary/aromatic N) is 3. The van der Waals surface area contributed by atoms with Crippen LogP contribution >= 0.6 is 0 Å². The summed E-state index contributed by atoms with van der Waals surface area (Å²) in [6.45, 7) is 5.80. The Labute approximate surface area is 336 Å². The highest BCUT2D eigenvalue weighted by Gasteiger charge is 2.63. The fraction of sp³-hybridized carbons (Fsp3) is 0.625. The van der Waals surface area contributed by atoms with E-state index in [2.05, 4.69) is 20.3 Å². The number of fused-ring (bicyclic) bond motifs is 3. The zero-order valence-corrected chi connectivity index (χ0v) is 34.0. The number of rotatable bonds is 8. The zero-order chi connectivity index (χ0) is 41.8. The summed E-state index contributed by atoms with van der Waals surface area (Å²) in [5.74, 6) is -5.21. The predicted molar refractivity (Wildman–Crippen MR) is 208 cm³/mol. The number of aromatic hydroxyl groups is 1. The maximum absolute atomic E-state index is 14.6. The van der Waals surface area contributed by atoms with Gasteiger partial charge >= 0.3 is 6.03 Å². The number of ether oxygens (including phenoxy) is 2. The van der Waals surface area contributed by atoms with E-state index in [1.165, 1.54) is 11.0 Å². The van der Waals surface area contributed by atoms with Crippen LogP contribution in [0.5, 0.6) is 17.4 Å². The number of benzene rings is 1. The van der Waals surface area contributed by atoms with Crippen molar-refractivity contribution in [1.82, 2.24) is 30.1 Å². The number of aromatic nitrogens is 1. The first-order chi connectivity index (χ1) is 27.3. The van der Waals surface area contributed by atoms with Crippen LogP contribution in [0.2, 0.25) is 0 Å². The van der Waals surface area contributed by atoms with Crippen molar-refractivity contribution in [2.75, 3.05) is 19.6 Å². The number of hydrogen-bond acceptors (Lipinski definition) is 10. The molecule has 0 unspecified atom stereocenters. The number of allylic oxidation sites excluding steroid dienone is 1. The van der Waals surface area contributed by atoms with Gasteiger partial charge in [0.15, 0.2) is 0 Å². The van der Waals surface area contributed by atoms with Gasteiger partial charge in [-0.1, -0.05) is 25.0 Å². The van der Waals surface area contributed by atoms with Crippen molar-refractivity contribution in [3.8, 4) is 17.4 Å². The number of amides is 5. The molecule has 3 aliphatic heterocycles. The standard InChI is InChI=1S/C40H52F2N6O9S/c1-23(2)56-32-19-31(27-12-13-30(49)24(3)33(27)44-32)57-26-18-29-34(50)45-40(36(52)46-58(54,55)38(4)14-15-38)20-25(40)10-8-6-5-7-9-11-28(35(51)48(29)21-26)43-37(53)47-17-16-39(41,42)22-47/h8,10,12-13,19,23,25-26,28-29,49H,5-7,9,11,14-18,20-22H2,1-4H3,(H,43,53)(H,45,50)(H,46,52)/b10-8-/t25-,26-,28+,29+,40-/m1/s1. The number of phenols is 1. The Hall–Kier alpha value is -4.74. The molecule has 2 aromatic rings. The molecule has 316 valence electrons. The molecule has 15 nitrogen and oxygen atoms in total. The smallest absolute Gasteiger partial charge is 0.318 e. The molecule has 0 radical (unpaired) electrons. The van der Waals surface area contributed by atoms with Crippen LogP contribution in [0.3, 0.4) is 0 Å². The van der Waals surface area contributed by atoms with E-state index in [4.69, 9.17) is 9.47 Å². The van der Waals surface area contributed by atoms with E-state index in [1.807, 2.05) is 26.0 Å². The van der Waals surface area contributed by atoms with Crippen molar-refractivity contribution in [2.24, 2.45) is 5.92 Å². The lowest BCUT2D eigenvalue weighted by molar-refractivity contribution is -0.141. The summed E-state index contributed by atoms with van der Waals surface area (Å²) in [5.41, 5.74) is -0.701. The van der Waals surface area contributed by atoms with Crippen LogP contribution in [0.4, 0.5) is 13.6 Å². The number of nitrogens with one attached hydrogen (secondary N) is 3. The van der Waals surface area contributed by atoms with Crippen LogP contribution < -0.4 is 24.8 Å². The maximum Gasteiger partial charge on any atom is 0.318 e. The van der Waals surface area contributed by atoms with E-state index >= 15 is 0 Å². The molecule has 5 atom stereocenters. The zero-order valence-electron chi connectivity index (χ0n) is 33.2. The monoisotopic (exact) mass is 830 g/mol. The molecule has 4 fully saturated rings. The molecule has 58 heavy (non-hydrogen) atoms. The van der Waals surface area contributed by atoms with Crippen molar-refractivity contribution in [3.05, 3.63) is 35.9 Å². The Morgan fingerprint density at radius 3 is 2.57 bits per heavy atom. The highest BCUT2D eigenvalue weighted by molar-refractivity contribution is 7.91. The van der Waals surface area contributed by atoms with Gasteiger partial charge in [0.05, 0.1) is 29.5 Å². The molecule has 2 saturated heterocycles. The maximum atomic E-state index is 14.6. The number of carbonyl (C=O) groups excluding carboxylic acids is 4. The van der Waals surface area contributed by atoms with Crippen LogP contribution in [0.25, 0.3) is 10.9 Å². The number of halogens is 2. The molecule has 2 saturated carbocycles. The van der Waals surface area contributed by atoms with Crippen LogP contribution in [0, 0.1) is 12.8 Å². The minimum Gasteiger partial charge on any atom is -0.508 e. The molecular weight excluding hydrogens is 779 g/mol. The van der Waals surface area contributed by atoms with E-state index < -0.39 is 87.1 Å². The van der Waals surface area contributed by atoms with E-state index in [-0.39, 0.29) is 50.1 Å². The van der Waals surface area contributed by atoms with Crippen LogP contribution in [-0.2, 0) is 24.4 Å². The lowest BCUT2D eigenvalue weighted by Crippen LogP contribution is -2.59. The molecule has 2 aliphatic carbocycles. The second kappa shape index (κ2) is 15.5. The lowest BCUT2D eigenvalue weighted by atomic mass is 10.0. The summed E-state index contributed by atoms with van der Waals surface area (Å²) in [4.78, 5) is 63.3. The van der Waals surface area contributed by atoms with E-state index in [0.29, 0.717) is 60.7 Å². The Bertz CT molecular complexity index is 2130. The fourth-order valence-electron chi connectivity index (χ4n) is 8.04. The van der Waals surface area contributed by atoms with Crippen molar-refractivity contribution in [1.29, 1.82) is 0 Å². The first kappa shape index (κ1) is 41.4. The number of likely N-dealkylation sites (tertiary alicyclic amines) is 1. The molecule has 1 aromatic heterocycles. The molecule has 0 bridgehead atoms. The Morgan fingerprint density at radius 1 is 1.12 bits per heavy atom. The Kier molecular flexibility index (Phi) is 11.0. The second-order valence-corrected chi connectivity index (χ2v) is 19.2. The third kappa shape index (κ3) is 8.39. The minimum absolute atomic E-state index is 0.0117. The van der Waals surface area contributed by atoms with Crippen molar-refractivity contribution in [3.63, 3.8) is 0 Å². The normalized spacial score (nSPS) is 28.7. The van der Waals surface area contributed by atoms with E-state index in [0.717, 1.165) is 4.90 Å². The van der Waals surface area contributed by atoms with Gasteiger partial charge in [-0.2, -0.15) is 0 Å². The van der Waals surface area contributed by atoms with E-state index in [9.17, 15) is 41.5 Å². The summed E-state index contributed by atoms with van der Waals surface area (Å²) >= 11 is 0. The fourth-order valence-corrected chi connectivity index (χ4v) is 9.35. The van der Waals surface area contributed by atoms with Crippen LogP contribution in [-0.4, -0.2) is 112 Å². The highest BCUT2D eigenvalue weighted by Crippen LogP contribution is 2.48. The lowest BCUT2D eigenvalue weighted by Gasteiger charge is -2.30. The molecule has 7 rings (SSSR count). The number of urea groups is 1. The van der Waals surface area contributed by atoms with Gasteiger partial charge < -0.3 is 35.0 Å². The molecule has 5 aliphatic rings. The number of carbonyl (C=O) groups is 4. The van der Waals surface area contributed by atoms with Crippen LogP contribution in [0.1, 0.15) is 90.5 Å². The largest absolute Gasteiger partial charge is 0.508 e. The molecule has 1 aromatic carbocycles. The van der Waals surface area contributed by atoms with Crippen molar-refractivity contribution < 1.29 is 51.0 Å². The molecule has 5 amide bonds. The average Bonchev–Trinajstić information content (AvgIpc) is 3.97. The van der Waals surface area contributed by atoms with Gasteiger partial charge in [0, 0.05) is 42.3 Å². The summed E-state index contributed by atoms with van der Waals surface area (Å²) in [5, 5.41) is 16.5. The second-order valence-electron chi connectivity index (χ2n) is 17.0. The third-order valence-corrected chi connectivity index (χ3v) is 14.2. The molecular formula is C40H52F2N6O9S. The van der Waals surface area contributed by atoms with Gasteiger partial charge in [0.25, 0.3) is 11.8 Å². The quantitative estimate of drug-likeness (QED) is 0.280. The third-order valence-electron chi connectivity index (χ3n) is 12.0. The summed E-state index contributed by atoms with van der Waals surface area (Å²) in [7, 11) is -4.05. The van der Waals surface area contributed by atoms with Gasteiger partial charge in [-0.3, -0.25) is 19.1 Å². The molecule has 4 heterocycles. The van der Waals surface area contributed by atoms with E-state index in [1.54, 1.807) is 26.0 Å². The van der Waals surface area contributed by atoms with Crippen LogP contribution in [0.15, 0.2) is 30.4 Å². The minimum atomic E-state index is -4.05. The Morgan fingerprint density at radius 2 is 1.88 bits per heavy atom. The number of sulfonamides is 1. The van der Waals surface area contributed by atoms with Crippen molar-refractivity contribution in [2.45, 2.75) is 132 Å². The summed E-state index contributed by atoms with van der Waals surface area (Å²) in [6, 6.07) is 1.50. The topological polar surface area (TPSA) is 197 Å². The molecule has 0 spiro atoms. The number of pyridine rings is 1. The molecule has 18 heteroatoms. The van der Waals surface area contributed by atoms with Crippen molar-refractivity contribution >= 4 is 44.7 Å². The highest BCUT2D eigenvalue weighted by atomic mass is 32.2.